The lowest BCUT2D eigenvalue weighted by atomic mass is 9.81. The van der Waals surface area contributed by atoms with Crippen LogP contribution in [0.3, 0.4) is 0 Å². The summed E-state index contributed by atoms with van der Waals surface area (Å²) >= 11 is 10.6. The first-order chi connectivity index (χ1) is 14.8. The van der Waals surface area contributed by atoms with Crippen LogP contribution < -0.4 is 10.6 Å². The van der Waals surface area contributed by atoms with Gasteiger partial charge < -0.3 is 10.6 Å². The molecule has 0 radical (unpaired) electrons. The first-order valence-electron chi connectivity index (χ1n) is 9.36. The number of hydrogen-bond donors (Lipinski definition) is 2. The number of amides is 1. The van der Waals surface area contributed by atoms with E-state index < -0.39 is 5.92 Å². The molecule has 0 saturated carbocycles. The van der Waals surface area contributed by atoms with E-state index in [0.717, 1.165) is 10.0 Å². The van der Waals surface area contributed by atoms with Gasteiger partial charge in [0, 0.05) is 26.5 Å². The molecule has 0 spiro atoms. The van der Waals surface area contributed by atoms with Crippen LogP contribution in [0.1, 0.15) is 25.3 Å². The van der Waals surface area contributed by atoms with Crippen molar-refractivity contribution in [2.24, 2.45) is 0 Å². The van der Waals surface area contributed by atoms with Gasteiger partial charge in [0.25, 0.3) is 0 Å². The molecule has 1 heterocycles. The Hall–Kier alpha value is -2.53. The topological polar surface area (TPSA) is 82.0 Å². The molecule has 1 atom stereocenters. The third-order valence-electron chi connectivity index (χ3n) is 4.71. The zero-order valence-electron chi connectivity index (χ0n) is 16.8. The van der Waals surface area contributed by atoms with Crippen molar-refractivity contribution in [2.75, 3.05) is 11.1 Å². The quantitative estimate of drug-likeness (QED) is 0.510. The smallest absolute Gasteiger partial charge is 0.234 e. The summed E-state index contributed by atoms with van der Waals surface area (Å²) in [4.78, 5) is 24.8. The number of halogens is 2. The molecule has 1 aliphatic heterocycles. The highest BCUT2D eigenvalue weighted by molar-refractivity contribution is 9.10. The molecule has 1 amide bonds. The van der Waals surface area contributed by atoms with Crippen LogP contribution >= 0.6 is 39.3 Å². The average molecular weight is 517 g/mol. The van der Waals surface area contributed by atoms with Gasteiger partial charge in [0.1, 0.15) is 0 Å². The number of dihydropyridines is 1. The second kappa shape index (κ2) is 10.2. The summed E-state index contributed by atoms with van der Waals surface area (Å²) < 4.78 is 0.923. The lowest BCUT2D eigenvalue weighted by molar-refractivity contribution is -0.114. The number of allylic oxidation sites excluding steroid dienone is 3. The minimum atomic E-state index is -0.516. The fourth-order valence-electron chi connectivity index (χ4n) is 3.35. The van der Waals surface area contributed by atoms with Gasteiger partial charge in [-0.1, -0.05) is 51.4 Å². The number of nitrogens with zero attached hydrogens (tertiary/aromatic N) is 1. The van der Waals surface area contributed by atoms with E-state index in [9.17, 15) is 14.9 Å². The van der Waals surface area contributed by atoms with Crippen LogP contribution in [0.2, 0.25) is 5.02 Å². The van der Waals surface area contributed by atoms with Crippen molar-refractivity contribution in [1.82, 2.24) is 5.32 Å². The van der Waals surface area contributed by atoms with Crippen LogP contribution in [0.4, 0.5) is 5.69 Å². The number of hydrogen-bond acceptors (Lipinski definition) is 5. The average Bonchev–Trinajstić information content (AvgIpc) is 2.73. The highest BCUT2D eigenvalue weighted by Gasteiger charge is 2.33. The Morgan fingerprint density at radius 2 is 1.84 bits per heavy atom. The first kappa shape index (κ1) is 23.1. The molecular weight excluding hydrogens is 498 g/mol. The van der Waals surface area contributed by atoms with Gasteiger partial charge in [-0.25, -0.2) is 0 Å². The summed E-state index contributed by atoms with van der Waals surface area (Å²) in [6, 6.07) is 16.6. The van der Waals surface area contributed by atoms with E-state index in [4.69, 9.17) is 11.6 Å². The van der Waals surface area contributed by atoms with Gasteiger partial charge in [0.05, 0.1) is 28.3 Å². The summed E-state index contributed by atoms with van der Waals surface area (Å²) in [5.41, 5.74) is 3.09. The Morgan fingerprint density at radius 3 is 2.42 bits per heavy atom. The van der Waals surface area contributed by atoms with E-state index in [1.807, 2.05) is 24.3 Å². The Bertz CT molecular complexity index is 1120. The lowest BCUT2D eigenvalue weighted by Gasteiger charge is -2.29. The Balaban J connectivity index is 1.86. The number of carbonyl (C=O) groups is 2. The lowest BCUT2D eigenvalue weighted by Crippen LogP contribution is -2.27. The van der Waals surface area contributed by atoms with Gasteiger partial charge in [-0.15, -0.1) is 0 Å². The Kier molecular flexibility index (Phi) is 7.60. The monoisotopic (exact) mass is 515 g/mol. The molecule has 2 N–H and O–H groups in total. The summed E-state index contributed by atoms with van der Waals surface area (Å²) in [5.74, 6) is -0.715. The maximum atomic E-state index is 12.4. The van der Waals surface area contributed by atoms with Gasteiger partial charge in [-0.2, -0.15) is 5.26 Å². The molecule has 2 aromatic carbocycles. The van der Waals surface area contributed by atoms with Crippen LogP contribution in [0, 0.1) is 11.3 Å². The van der Waals surface area contributed by atoms with E-state index in [1.165, 1.54) is 18.7 Å². The van der Waals surface area contributed by atoms with Gasteiger partial charge in [-0.3, -0.25) is 9.59 Å². The van der Waals surface area contributed by atoms with Crippen molar-refractivity contribution < 1.29 is 9.59 Å². The molecule has 0 bridgehead atoms. The molecule has 0 saturated heterocycles. The predicted molar refractivity (Wildman–Crippen MR) is 129 cm³/mol. The number of carbonyl (C=O) groups excluding carboxylic acids is 2. The van der Waals surface area contributed by atoms with Crippen LogP contribution in [0.25, 0.3) is 0 Å². The summed E-state index contributed by atoms with van der Waals surface area (Å²) in [5, 5.41) is 17.1. The molecule has 3 rings (SSSR count). The number of nitrogens with one attached hydrogen (secondary N) is 2. The van der Waals surface area contributed by atoms with E-state index in [2.05, 4.69) is 32.6 Å². The fourth-order valence-corrected chi connectivity index (χ4v) is 4.63. The number of ketones is 1. The van der Waals surface area contributed by atoms with E-state index in [1.54, 1.807) is 31.2 Å². The molecule has 31 heavy (non-hydrogen) atoms. The fraction of sp³-hybridized carbons (Fsp3) is 0.174. The summed E-state index contributed by atoms with van der Waals surface area (Å²) in [6.45, 7) is 3.29. The number of benzene rings is 2. The molecule has 2 aromatic rings. The SMILES string of the molecule is CC(=O)C1=C(C)NC(SCC(=O)Nc2ccc(Br)cc2)=C(C#N)[C@H]1c1ccc(Cl)cc1. The third-order valence-corrected chi connectivity index (χ3v) is 6.50. The number of nitriles is 1. The first-order valence-corrected chi connectivity index (χ1v) is 11.5. The molecule has 0 aromatic heterocycles. The van der Waals surface area contributed by atoms with Crippen LogP contribution in [-0.4, -0.2) is 17.4 Å². The minimum absolute atomic E-state index is 0.111. The van der Waals surface area contributed by atoms with Gasteiger partial charge in [0.15, 0.2) is 5.78 Å². The van der Waals surface area contributed by atoms with Gasteiger partial charge in [0.2, 0.25) is 5.91 Å². The molecule has 0 aliphatic carbocycles. The molecular formula is C23H19BrClN3O2S. The Labute approximate surface area is 198 Å². The van der Waals surface area contributed by atoms with Gasteiger partial charge in [-0.05, 0) is 55.8 Å². The normalized spacial score (nSPS) is 15.9. The number of thioether (sulfide) groups is 1. The molecule has 0 fully saturated rings. The maximum absolute atomic E-state index is 12.4. The highest BCUT2D eigenvalue weighted by Crippen LogP contribution is 2.41. The minimum Gasteiger partial charge on any atom is -0.353 e. The zero-order chi connectivity index (χ0) is 22.5. The van der Waals surface area contributed by atoms with Gasteiger partial charge >= 0.3 is 0 Å². The van der Waals surface area contributed by atoms with Crippen molar-refractivity contribution in [2.45, 2.75) is 19.8 Å². The predicted octanol–water partition coefficient (Wildman–Crippen LogP) is 5.76. The van der Waals surface area contributed by atoms with E-state index in [0.29, 0.717) is 32.6 Å². The Morgan fingerprint density at radius 1 is 1.19 bits per heavy atom. The van der Waals surface area contributed by atoms with Crippen molar-refractivity contribution in [3.63, 3.8) is 0 Å². The second-order valence-electron chi connectivity index (χ2n) is 6.90. The summed E-state index contributed by atoms with van der Waals surface area (Å²) in [6.07, 6.45) is 0. The standard InChI is InChI=1S/C23H19BrClN3O2S/c1-13-21(14(2)29)22(15-3-7-17(25)8-4-15)19(11-26)23(27-13)31-12-20(30)28-18-9-5-16(24)6-10-18/h3-10,22,27H,12H2,1-2H3,(H,28,30)/t22-/m1/s1. The highest BCUT2D eigenvalue weighted by atomic mass is 79.9. The third kappa shape index (κ3) is 5.59. The molecule has 0 unspecified atom stereocenters. The largest absolute Gasteiger partial charge is 0.353 e. The van der Waals surface area contributed by atoms with Crippen LogP contribution in [-0.2, 0) is 9.59 Å². The van der Waals surface area contributed by atoms with Crippen molar-refractivity contribution in [3.8, 4) is 6.07 Å². The second-order valence-corrected chi connectivity index (χ2v) is 9.24. The van der Waals surface area contributed by atoms with Crippen molar-refractivity contribution >= 4 is 56.7 Å². The maximum Gasteiger partial charge on any atom is 0.234 e. The van der Waals surface area contributed by atoms with Crippen molar-refractivity contribution in [1.29, 1.82) is 5.26 Å². The van der Waals surface area contributed by atoms with E-state index >= 15 is 0 Å². The molecule has 5 nitrogen and oxygen atoms in total. The molecule has 158 valence electrons. The number of rotatable bonds is 6. The van der Waals surface area contributed by atoms with Crippen LogP contribution in [0.5, 0.6) is 0 Å². The number of Topliss-reactive ketones (excluding diaryl/α,β-unsaturated/α-hetero) is 1. The number of anilines is 1. The molecule has 1 aliphatic rings. The van der Waals surface area contributed by atoms with E-state index in [-0.39, 0.29) is 17.4 Å². The molecule has 8 heteroatoms. The van der Waals surface area contributed by atoms with Crippen molar-refractivity contribution in [3.05, 3.63) is 85.5 Å². The zero-order valence-corrected chi connectivity index (χ0v) is 20.0. The summed E-state index contributed by atoms with van der Waals surface area (Å²) in [7, 11) is 0. The van der Waals surface area contributed by atoms with Crippen LogP contribution in [0.15, 0.2) is 74.9 Å².